The van der Waals surface area contributed by atoms with Crippen molar-refractivity contribution in [2.75, 3.05) is 6.61 Å². The molecule has 23 heavy (non-hydrogen) atoms. The van der Waals surface area contributed by atoms with Crippen LogP contribution in [0, 0.1) is 11.8 Å². The van der Waals surface area contributed by atoms with Gasteiger partial charge in [0.2, 0.25) is 5.89 Å². The van der Waals surface area contributed by atoms with Crippen LogP contribution in [0.3, 0.4) is 0 Å². The lowest BCUT2D eigenvalue weighted by Gasteiger charge is -2.22. The van der Waals surface area contributed by atoms with Crippen molar-refractivity contribution in [1.82, 2.24) is 15.5 Å². The van der Waals surface area contributed by atoms with E-state index in [0.717, 1.165) is 24.7 Å². The third kappa shape index (κ3) is 3.95. The molecule has 4 rings (SSSR count). The van der Waals surface area contributed by atoms with Gasteiger partial charge in [-0.1, -0.05) is 25.9 Å². The zero-order valence-corrected chi connectivity index (χ0v) is 14.3. The van der Waals surface area contributed by atoms with Gasteiger partial charge >= 0.3 is 0 Å². The minimum absolute atomic E-state index is 0.0502. The third-order valence-corrected chi connectivity index (χ3v) is 4.27. The number of ether oxygens (including phenoxy) is 1. The molecule has 3 aliphatic rings. The van der Waals surface area contributed by atoms with Crippen LogP contribution in [-0.4, -0.2) is 16.7 Å². The Morgan fingerprint density at radius 1 is 1.26 bits per heavy atom. The van der Waals surface area contributed by atoms with Gasteiger partial charge in [-0.15, -0.1) is 0 Å². The van der Waals surface area contributed by atoms with E-state index in [4.69, 9.17) is 9.26 Å². The molecule has 1 atom stereocenters. The van der Waals surface area contributed by atoms with Gasteiger partial charge in [0.15, 0.2) is 5.82 Å². The Morgan fingerprint density at radius 3 is 2.65 bits per heavy atom. The number of nitrogens with one attached hydrogen (secondary N) is 1. The molecule has 1 unspecified atom stereocenters. The van der Waals surface area contributed by atoms with Crippen molar-refractivity contribution in [2.24, 2.45) is 11.8 Å². The van der Waals surface area contributed by atoms with Crippen molar-refractivity contribution in [1.29, 1.82) is 0 Å². The van der Waals surface area contributed by atoms with Gasteiger partial charge in [0.1, 0.15) is 11.8 Å². The van der Waals surface area contributed by atoms with Gasteiger partial charge in [-0.05, 0) is 43.6 Å². The highest BCUT2D eigenvalue weighted by Gasteiger charge is 2.33. The normalized spacial score (nSPS) is 23.2. The maximum absolute atomic E-state index is 6.07. The van der Waals surface area contributed by atoms with E-state index in [1.165, 1.54) is 31.3 Å². The van der Waals surface area contributed by atoms with Gasteiger partial charge in [-0.2, -0.15) is 4.98 Å². The van der Waals surface area contributed by atoms with E-state index in [2.05, 4.69) is 27.7 Å². The van der Waals surface area contributed by atoms with E-state index in [-0.39, 0.29) is 6.04 Å². The second-order valence-corrected chi connectivity index (χ2v) is 6.20. The summed E-state index contributed by atoms with van der Waals surface area (Å²) in [5, 5.41) is 7.43. The molecule has 1 aromatic heterocycles. The highest BCUT2D eigenvalue weighted by atomic mass is 16.5. The maximum atomic E-state index is 6.07. The fourth-order valence-electron chi connectivity index (χ4n) is 2.57. The standard InChI is InChI=1S/C16H21N3O2.C2H6/c1-2-15-18-16(19-21-15)13-7-14(20-9-10-3-4-10)12(8-17-13)11-5-6-11;1-2/h7-8,10-11,13,17H,2-6,9H2,1H3;1-2H3. The first-order valence-corrected chi connectivity index (χ1v) is 8.97. The second-order valence-electron chi connectivity index (χ2n) is 6.20. The molecule has 0 aromatic carbocycles. The monoisotopic (exact) mass is 317 g/mol. The summed E-state index contributed by atoms with van der Waals surface area (Å²) in [5.74, 6) is 3.82. The lowest BCUT2D eigenvalue weighted by molar-refractivity contribution is 0.200. The van der Waals surface area contributed by atoms with Crippen molar-refractivity contribution in [3.8, 4) is 0 Å². The van der Waals surface area contributed by atoms with E-state index in [1.807, 2.05) is 20.8 Å². The number of hydrogen-bond acceptors (Lipinski definition) is 5. The summed E-state index contributed by atoms with van der Waals surface area (Å²) < 4.78 is 11.3. The van der Waals surface area contributed by atoms with E-state index < -0.39 is 0 Å². The summed E-state index contributed by atoms with van der Waals surface area (Å²) >= 11 is 0. The molecule has 0 bridgehead atoms. The molecule has 1 aromatic rings. The molecule has 2 heterocycles. The van der Waals surface area contributed by atoms with Crippen molar-refractivity contribution in [3.63, 3.8) is 0 Å². The van der Waals surface area contributed by atoms with Gasteiger partial charge in [-0.3, -0.25) is 0 Å². The van der Waals surface area contributed by atoms with Gasteiger partial charge in [0, 0.05) is 18.2 Å². The van der Waals surface area contributed by atoms with Crippen LogP contribution in [0.1, 0.15) is 64.2 Å². The van der Waals surface area contributed by atoms with Crippen molar-refractivity contribution >= 4 is 0 Å². The fourth-order valence-corrected chi connectivity index (χ4v) is 2.57. The first kappa shape index (κ1) is 16.1. The maximum Gasteiger partial charge on any atom is 0.226 e. The van der Waals surface area contributed by atoms with Crippen LogP contribution in [0.15, 0.2) is 28.1 Å². The van der Waals surface area contributed by atoms with Gasteiger partial charge in [0.25, 0.3) is 0 Å². The Hall–Kier alpha value is -1.78. The van der Waals surface area contributed by atoms with Gasteiger partial charge in [0.05, 0.1) is 6.61 Å². The SMILES string of the molecule is CC.CCc1nc(C2C=C(OCC3CC3)C(C3CC3)=CN2)no1. The number of dihydropyridines is 1. The number of aryl methyl sites for hydroxylation is 1. The summed E-state index contributed by atoms with van der Waals surface area (Å²) in [4.78, 5) is 4.41. The predicted octanol–water partition coefficient (Wildman–Crippen LogP) is 3.91. The van der Waals surface area contributed by atoms with Crippen LogP contribution < -0.4 is 5.32 Å². The van der Waals surface area contributed by atoms with E-state index in [9.17, 15) is 0 Å². The number of nitrogens with zero attached hydrogens (tertiary/aromatic N) is 2. The minimum atomic E-state index is -0.0502. The van der Waals surface area contributed by atoms with Gasteiger partial charge in [-0.25, -0.2) is 0 Å². The van der Waals surface area contributed by atoms with E-state index in [0.29, 0.717) is 17.6 Å². The molecule has 5 heteroatoms. The van der Waals surface area contributed by atoms with Crippen molar-refractivity contribution < 1.29 is 9.26 Å². The first-order valence-electron chi connectivity index (χ1n) is 8.97. The van der Waals surface area contributed by atoms with Gasteiger partial charge < -0.3 is 14.6 Å². The summed E-state index contributed by atoms with van der Waals surface area (Å²) in [6, 6.07) is -0.0502. The third-order valence-electron chi connectivity index (χ3n) is 4.27. The summed E-state index contributed by atoms with van der Waals surface area (Å²) in [7, 11) is 0. The molecular formula is C18H27N3O2. The Kier molecular flexibility index (Phi) is 5.03. The first-order chi connectivity index (χ1) is 11.3. The highest BCUT2D eigenvalue weighted by Crippen LogP contribution is 2.42. The van der Waals surface area contributed by atoms with E-state index in [1.54, 1.807) is 0 Å². The summed E-state index contributed by atoms with van der Waals surface area (Å²) in [6.45, 7) is 6.85. The molecule has 0 amide bonds. The van der Waals surface area contributed by atoms with Crippen LogP contribution in [0.25, 0.3) is 0 Å². The lowest BCUT2D eigenvalue weighted by Crippen LogP contribution is -2.22. The van der Waals surface area contributed by atoms with Crippen molar-refractivity contribution in [2.45, 2.75) is 58.9 Å². The van der Waals surface area contributed by atoms with Crippen molar-refractivity contribution in [3.05, 3.63) is 35.3 Å². The largest absolute Gasteiger partial charge is 0.493 e. The predicted molar refractivity (Wildman–Crippen MR) is 88.5 cm³/mol. The average molecular weight is 317 g/mol. The fraction of sp³-hybridized carbons (Fsp3) is 0.667. The number of hydrogen-bond donors (Lipinski definition) is 1. The molecule has 2 saturated carbocycles. The van der Waals surface area contributed by atoms with E-state index >= 15 is 0 Å². The highest BCUT2D eigenvalue weighted by molar-refractivity contribution is 5.36. The van der Waals surface area contributed by atoms with Crippen LogP contribution in [-0.2, 0) is 11.2 Å². The quantitative estimate of drug-likeness (QED) is 0.862. The minimum Gasteiger partial charge on any atom is -0.493 e. The zero-order chi connectivity index (χ0) is 16.2. The molecule has 2 fully saturated rings. The molecule has 1 aliphatic heterocycles. The Labute approximate surface area is 138 Å². The van der Waals surface area contributed by atoms with Crippen LogP contribution in [0.4, 0.5) is 0 Å². The number of allylic oxidation sites excluding steroid dienone is 1. The summed E-state index contributed by atoms with van der Waals surface area (Å²) in [6.07, 6.45) is 10.1. The molecule has 126 valence electrons. The molecule has 0 radical (unpaired) electrons. The topological polar surface area (TPSA) is 60.2 Å². The Balaban J connectivity index is 0.000000753. The number of aromatic nitrogens is 2. The second kappa shape index (κ2) is 7.20. The molecule has 2 aliphatic carbocycles. The zero-order valence-electron chi connectivity index (χ0n) is 14.3. The lowest BCUT2D eigenvalue weighted by atomic mass is 10.0. The van der Waals surface area contributed by atoms with Crippen LogP contribution in [0.2, 0.25) is 0 Å². The smallest absolute Gasteiger partial charge is 0.226 e. The molecule has 0 spiro atoms. The Bertz CT molecular complexity index is 583. The average Bonchev–Trinajstić information content (AvgIpc) is 3.53. The Morgan fingerprint density at radius 2 is 2.04 bits per heavy atom. The summed E-state index contributed by atoms with van der Waals surface area (Å²) in [5.41, 5.74) is 1.31. The molecular weight excluding hydrogens is 290 g/mol. The molecule has 0 saturated heterocycles. The molecule has 5 nitrogen and oxygen atoms in total. The number of rotatable bonds is 6. The van der Waals surface area contributed by atoms with Crippen LogP contribution >= 0.6 is 0 Å². The molecule has 1 N–H and O–H groups in total. The van der Waals surface area contributed by atoms with Crippen LogP contribution in [0.5, 0.6) is 0 Å².